The van der Waals surface area contributed by atoms with Crippen LogP contribution < -0.4 is 5.32 Å². The molecule has 2 rings (SSSR count). The van der Waals surface area contributed by atoms with Gasteiger partial charge in [0.15, 0.2) is 0 Å². The first kappa shape index (κ1) is 13.1. The number of hydrogen-bond donors (Lipinski definition) is 1. The molecule has 0 spiro atoms. The first-order chi connectivity index (χ1) is 9.19. The van der Waals surface area contributed by atoms with E-state index in [2.05, 4.69) is 16.9 Å². The highest BCUT2D eigenvalue weighted by Crippen LogP contribution is 2.13. The number of pyridine rings is 1. The lowest BCUT2D eigenvalue weighted by Gasteiger charge is -2.07. The summed E-state index contributed by atoms with van der Waals surface area (Å²) in [5, 5.41) is 3.11. The van der Waals surface area contributed by atoms with E-state index in [4.69, 9.17) is 4.74 Å². The van der Waals surface area contributed by atoms with Crippen LogP contribution in [0.15, 0.2) is 49.2 Å². The number of ether oxygens (including phenoxy) is 1. The minimum Gasteiger partial charge on any atom is -0.497 e. The molecule has 1 heterocycles. The van der Waals surface area contributed by atoms with E-state index in [0.717, 1.165) is 16.9 Å². The Morgan fingerprint density at radius 3 is 2.84 bits per heavy atom. The Hall–Kier alpha value is -2.36. The van der Waals surface area contributed by atoms with Gasteiger partial charge in [-0.1, -0.05) is 12.6 Å². The molecule has 0 unspecified atom stereocenters. The van der Waals surface area contributed by atoms with Crippen molar-refractivity contribution in [3.63, 3.8) is 0 Å². The zero-order valence-corrected chi connectivity index (χ0v) is 10.7. The maximum atomic E-state index is 13.0. The number of anilines is 1. The number of benzene rings is 1. The number of rotatable bonds is 5. The van der Waals surface area contributed by atoms with Gasteiger partial charge in [0, 0.05) is 17.4 Å². The molecule has 2 aromatic rings. The third-order valence-electron chi connectivity index (χ3n) is 2.69. The molecule has 1 aromatic heterocycles. The summed E-state index contributed by atoms with van der Waals surface area (Å²) in [7, 11) is 1.57. The van der Waals surface area contributed by atoms with E-state index in [-0.39, 0.29) is 5.82 Å². The molecule has 0 aliphatic rings. The van der Waals surface area contributed by atoms with Gasteiger partial charge in [0.25, 0.3) is 0 Å². The Labute approximate surface area is 111 Å². The summed E-state index contributed by atoms with van der Waals surface area (Å²) in [6, 6.07) is 10.1. The second kappa shape index (κ2) is 6.00. The molecule has 0 saturated carbocycles. The molecule has 0 radical (unpaired) electrons. The van der Waals surface area contributed by atoms with E-state index >= 15 is 0 Å². The van der Waals surface area contributed by atoms with Crippen molar-refractivity contribution in [1.29, 1.82) is 0 Å². The number of methoxy groups -OCH3 is 1. The lowest BCUT2D eigenvalue weighted by Crippen LogP contribution is -2.02. The summed E-state index contributed by atoms with van der Waals surface area (Å²) in [4.78, 5) is 4.29. The maximum Gasteiger partial charge on any atom is 0.125 e. The molecule has 3 nitrogen and oxygen atoms in total. The molecule has 1 aromatic carbocycles. The summed E-state index contributed by atoms with van der Waals surface area (Å²) in [5.41, 5.74) is 2.43. The third kappa shape index (κ3) is 3.55. The van der Waals surface area contributed by atoms with Gasteiger partial charge < -0.3 is 10.1 Å². The van der Waals surface area contributed by atoms with Crippen LogP contribution >= 0.6 is 0 Å². The monoisotopic (exact) mass is 258 g/mol. The summed E-state index contributed by atoms with van der Waals surface area (Å²) in [6.45, 7) is 4.29. The summed E-state index contributed by atoms with van der Waals surface area (Å²) in [5.74, 6) is 0.321. The Balaban J connectivity index is 1.98. The van der Waals surface area contributed by atoms with Crippen LogP contribution in [-0.4, -0.2) is 12.1 Å². The summed E-state index contributed by atoms with van der Waals surface area (Å²) < 4.78 is 18.0. The minimum absolute atomic E-state index is 0.260. The Morgan fingerprint density at radius 2 is 2.21 bits per heavy atom. The van der Waals surface area contributed by atoms with Crippen molar-refractivity contribution >= 4 is 11.4 Å². The van der Waals surface area contributed by atoms with Crippen LogP contribution in [0.2, 0.25) is 0 Å². The van der Waals surface area contributed by atoms with Crippen LogP contribution in [0.5, 0.6) is 0 Å². The summed E-state index contributed by atoms with van der Waals surface area (Å²) >= 11 is 0. The first-order valence-electron chi connectivity index (χ1n) is 5.86. The van der Waals surface area contributed by atoms with Crippen molar-refractivity contribution in [3.8, 4) is 0 Å². The lowest BCUT2D eigenvalue weighted by molar-refractivity contribution is 0.371. The smallest absolute Gasteiger partial charge is 0.125 e. The zero-order chi connectivity index (χ0) is 13.7. The Kier molecular flexibility index (Phi) is 4.13. The number of hydrogen-bond acceptors (Lipinski definition) is 3. The SMILES string of the molecule is C=C(OC)c1ccc(CNc2cccc(F)c2)nc1. The van der Waals surface area contributed by atoms with E-state index in [1.807, 2.05) is 18.2 Å². The van der Waals surface area contributed by atoms with E-state index in [9.17, 15) is 4.39 Å². The Bertz CT molecular complexity index is 567. The fourth-order valence-corrected chi connectivity index (χ4v) is 1.60. The Morgan fingerprint density at radius 1 is 1.37 bits per heavy atom. The molecule has 4 heteroatoms. The van der Waals surface area contributed by atoms with Crippen molar-refractivity contribution in [2.75, 3.05) is 12.4 Å². The van der Waals surface area contributed by atoms with Gasteiger partial charge in [0.1, 0.15) is 11.6 Å². The van der Waals surface area contributed by atoms with Gasteiger partial charge >= 0.3 is 0 Å². The summed E-state index contributed by atoms with van der Waals surface area (Å²) in [6.07, 6.45) is 1.70. The molecule has 98 valence electrons. The van der Waals surface area contributed by atoms with E-state index < -0.39 is 0 Å². The van der Waals surface area contributed by atoms with Crippen molar-refractivity contribution in [3.05, 3.63) is 66.2 Å². The van der Waals surface area contributed by atoms with Crippen molar-refractivity contribution in [1.82, 2.24) is 4.98 Å². The van der Waals surface area contributed by atoms with Crippen LogP contribution in [0.3, 0.4) is 0 Å². The van der Waals surface area contributed by atoms with Crippen LogP contribution in [0.4, 0.5) is 10.1 Å². The second-order valence-corrected chi connectivity index (χ2v) is 4.03. The maximum absolute atomic E-state index is 13.0. The zero-order valence-electron chi connectivity index (χ0n) is 10.7. The first-order valence-corrected chi connectivity index (χ1v) is 5.86. The van der Waals surface area contributed by atoms with E-state index in [1.54, 1.807) is 19.4 Å². The molecule has 0 aliphatic heterocycles. The van der Waals surface area contributed by atoms with Gasteiger partial charge in [0.05, 0.1) is 19.3 Å². The van der Waals surface area contributed by atoms with Gasteiger partial charge in [-0.05, 0) is 30.3 Å². The molecule has 0 amide bonds. The van der Waals surface area contributed by atoms with E-state index in [1.165, 1.54) is 12.1 Å². The number of nitrogens with one attached hydrogen (secondary N) is 1. The van der Waals surface area contributed by atoms with Crippen LogP contribution in [0.25, 0.3) is 5.76 Å². The minimum atomic E-state index is -0.260. The molecule has 1 N–H and O–H groups in total. The van der Waals surface area contributed by atoms with Crippen LogP contribution in [0, 0.1) is 5.82 Å². The number of aromatic nitrogens is 1. The third-order valence-corrected chi connectivity index (χ3v) is 2.69. The average molecular weight is 258 g/mol. The standard InChI is InChI=1S/C15H15FN2O/c1-11(19-2)12-6-7-15(17-9-12)10-18-14-5-3-4-13(16)8-14/h3-9,18H,1,10H2,2H3. The highest BCUT2D eigenvalue weighted by Gasteiger charge is 2.00. The molecule has 0 bridgehead atoms. The number of nitrogens with zero attached hydrogens (tertiary/aromatic N) is 1. The van der Waals surface area contributed by atoms with Crippen LogP contribution in [-0.2, 0) is 11.3 Å². The fourth-order valence-electron chi connectivity index (χ4n) is 1.60. The molecular formula is C15H15FN2O. The second-order valence-electron chi connectivity index (χ2n) is 4.03. The van der Waals surface area contributed by atoms with E-state index in [0.29, 0.717) is 12.3 Å². The van der Waals surface area contributed by atoms with Crippen molar-refractivity contribution < 1.29 is 9.13 Å². The van der Waals surface area contributed by atoms with Crippen molar-refractivity contribution in [2.24, 2.45) is 0 Å². The lowest BCUT2D eigenvalue weighted by atomic mass is 10.2. The van der Waals surface area contributed by atoms with Gasteiger partial charge in [-0.15, -0.1) is 0 Å². The highest BCUT2D eigenvalue weighted by atomic mass is 19.1. The molecule has 0 atom stereocenters. The predicted molar refractivity (Wildman–Crippen MR) is 74.0 cm³/mol. The quantitative estimate of drug-likeness (QED) is 0.834. The largest absolute Gasteiger partial charge is 0.497 e. The number of halogens is 1. The van der Waals surface area contributed by atoms with Crippen LogP contribution in [0.1, 0.15) is 11.3 Å². The van der Waals surface area contributed by atoms with Gasteiger partial charge in [-0.2, -0.15) is 0 Å². The van der Waals surface area contributed by atoms with Gasteiger partial charge in [-0.3, -0.25) is 4.98 Å². The van der Waals surface area contributed by atoms with Crippen molar-refractivity contribution in [2.45, 2.75) is 6.54 Å². The normalized spacial score (nSPS) is 10.0. The topological polar surface area (TPSA) is 34.1 Å². The van der Waals surface area contributed by atoms with Gasteiger partial charge in [-0.25, -0.2) is 4.39 Å². The van der Waals surface area contributed by atoms with Gasteiger partial charge in [0.2, 0.25) is 0 Å². The predicted octanol–water partition coefficient (Wildman–Crippen LogP) is 3.45. The fraction of sp³-hybridized carbons (Fsp3) is 0.133. The molecule has 19 heavy (non-hydrogen) atoms. The average Bonchev–Trinajstić information content (AvgIpc) is 2.45. The highest BCUT2D eigenvalue weighted by molar-refractivity contribution is 5.56. The molecule has 0 saturated heterocycles. The molecule has 0 fully saturated rings. The molecular weight excluding hydrogens is 243 g/mol. The molecule has 0 aliphatic carbocycles.